The number of fused-ring (bicyclic) bond motifs is 2. The number of carbonyl (C=O) groups excluding carboxylic acids is 2. The maximum atomic E-state index is 14.5. The molecule has 5 atom stereocenters. The number of nitrogens with zero attached hydrogens (tertiary/aromatic N) is 3. The lowest BCUT2D eigenvalue weighted by atomic mass is 9.78. The number of likely N-dealkylation sites (tertiary alicyclic amines) is 1. The number of pyridine rings is 1. The summed E-state index contributed by atoms with van der Waals surface area (Å²) in [5.74, 6) is 1.67. The highest BCUT2D eigenvalue weighted by atomic mass is 16.5. The van der Waals surface area contributed by atoms with Crippen molar-refractivity contribution in [2.45, 2.75) is 85.3 Å². The highest BCUT2D eigenvalue weighted by Gasteiger charge is 2.59. The molecular formula is C31H47N3O4. The molecule has 0 spiro atoms. The van der Waals surface area contributed by atoms with Crippen LogP contribution in [0.3, 0.4) is 0 Å². The Balaban J connectivity index is 1.35. The summed E-state index contributed by atoms with van der Waals surface area (Å²) in [6.07, 6.45) is 8.30. The summed E-state index contributed by atoms with van der Waals surface area (Å²) in [6, 6.07) is 2.18. The van der Waals surface area contributed by atoms with E-state index in [1.807, 2.05) is 11.1 Å². The molecule has 1 aliphatic carbocycles. The molecule has 4 heterocycles. The molecule has 2 unspecified atom stereocenters. The number of aromatic nitrogens is 1. The second kappa shape index (κ2) is 10.9. The highest BCUT2D eigenvalue weighted by molar-refractivity contribution is 5.86. The van der Waals surface area contributed by atoms with Crippen LogP contribution >= 0.6 is 0 Å². The smallest absolute Gasteiger partial charge is 0.231 e. The van der Waals surface area contributed by atoms with Crippen LogP contribution < -0.4 is 0 Å². The zero-order chi connectivity index (χ0) is 27.1. The Morgan fingerprint density at radius 3 is 2.84 bits per heavy atom. The number of methoxy groups -OCH3 is 1. The normalized spacial score (nSPS) is 31.3. The number of ether oxygens (including phenoxy) is 2. The van der Waals surface area contributed by atoms with E-state index >= 15 is 0 Å². The summed E-state index contributed by atoms with van der Waals surface area (Å²) in [5, 5.41) is 0. The highest BCUT2D eigenvalue weighted by Crippen LogP contribution is 2.54. The molecule has 1 aromatic heterocycles. The average molecular weight is 526 g/mol. The van der Waals surface area contributed by atoms with Gasteiger partial charge in [-0.25, -0.2) is 0 Å². The minimum Gasteiger partial charge on any atom is -0.379 e. The molecule has 0 N–H and O–H groups in total. The first-order valence-corrected chi connectivity index (χ1v) is 14.7. The molecule has 3 fully saturated rings. The SMILES string of the molecule is COC1COCCC1C[C@@H]1C[C@H]2CN(C(=O)CCC(C)(C)C)C[C@@]2(C(=O)N2CCc3ncc(C)cc3C2)C1. The Hall–Kier alpha value is -1.99. The lowest BCUT2D eigenvalue weighted by Crippen LogP contribution is -2.49. The van der Waals surface area contributed by atoms with Crippen LogP contribution in [0.15, 0.2) is 12.3 Å². The van der Waals surface area contributed by atoms with Gasteiger partial charge >= 0.3 is 0 Å². The quantitative estimate of drug-likeness (QED) is 0.551. The van der Waals surface area contributed by atoms with E-state index in [1.54, 1.807) is 7.11 Å². The third-order valence-electron chi connectivity index (χ3n) is 9.68. The van der Waals surface area contributed by atoms with Gasteiger partial charge in [-0.15, -0.1) is 0 Å². The average Bonchev–Trinajstić information content (AvgIpc) is 3.41. The number of rotatable bonds is 6. The Bertz CT molecular complexity index is 1040. The third kappa shape index (κ3) is 5.65. The largest absolute Gasteiger partial charge is 0.379 e. The van der Waals surface area contributed by atoms with Gasteiger partial charge in [0.1, 0.15) is 0 Å². The van der Waals surface area contributed by atoms with Gasteiger partial charge in [-0.3, -0.25) is 14.6 Å². The zero-order valence-electron chi connectivity index (χ0n) is 24.1. The summed E-state index contributed by atoms with van der Waals surface area (Å²) >= 11 is 0. The molecule has 1 saturated carbocycles. The van der Waals surface area contributed by atoms with Crippen molar-refractivity contribution in [2.75, 3.05) is 40.0 Å². The molecule has 38 heavy (non-hydrogen) atoms. The molecule has 7 nitrogen and oxygen atoms in total. The van der Waals surface area contributed by atoms with E-state index < -0.39 is 5.41 Å². The third-order valence-corrected chi connectivity index (χ3v) is 9.68. The molecule has 0 aromatic carbocycles. The fourth-order valence-corrected chi connectivity index (χ4v) is 7.59. The van der Waals surface area contributed by atoms with Crippen LogP contribution in [0.5, 0.6) is 0 Å². The van der Waals surface area contributed by atoms with Gasteiger partial charge in [-0.1, -0.05) is 26.8 Å². The minimum absolute atomic E-state index is 0.124. The predicted octanol–water partition coefficient (Wildman–Crippen LogP) is 4.40. The standard InChI is InChI=1S/C31H47N3O4/c1-21-12-24-17-33(10-7-26(24)32-16-21)29(36)31-15-22(13-23-8-11-38-19-27(23)37-5)14-25(31)18-34(20-31)28(35)6-9-30(2,3)4/h12,16,22-23,25,27H,6-11,13-15,17-20H2,1-5H3/t22-,23?,25+,27?,31+/m1/s1. The lowest BCUT2D eigenvalue weighted by Gasteiger charge is -2.37. The Labute approximate surface area is 228 Å². The van der Waals surface area contributed by atoms with E-state index in [0.717, 1.165) is 62.9 Å². The molecular weight excluding hydrogens is 478 g/mol. The molecule has 5 rings (SSSR count). The maximum absolute atomic E-state index is 14.5. The second-order valence-corrected chi connectivity index (χ2v) is 13.7. The summed E-state index contributed by atoms with van der Waals surface area (Å²) in [6.45, 7) is 12.7. The summed E-state index contributed by atoms with van der Waals surface area (Å²) < 4.78 is 11.4. The molecule has 210 valence electrons. The van der Waals surface area contributed by atoms with Crippen molar-refractivity contribution in [2.24, 2.45) is 28.6 Å². The van der Waals surface area contributed by atoms with Crippen LogP contribution in [-0.4, -0.2) is 72.7 Å². The molecule has 7 heteroatoms. The van der Waals surface area contributed by atoms with E-state index in [0.29, 0.717) is 44.5 Å². The fraction of sp³-hybridized carbons (Fsp3) is 0.774. The zero-order valence-corrected chi connectivity index (χ0v) is 24.1. The first-order chi connectivity index (χ1) is 18.1. The molecule has 2 saturated heterocycles. The van der Waals surface area contributed by atoms with Crippen molar-refractivity contribution in [3.05, 3.63) is 29.1 Å². The fourth-order valence-electron chi connectivity index (χ4n) is 7.59. The van der Waals surface area contributed by atoms with Crippen molar-refractivity contribution in [1.82, 2.24) is 14.8 Å². The van der Waals surface area contributed by atoms with E-state index in [9.17, 15) is 9.59 Å². The van der Waals surface area contributed by atoms with Crippen molar-refractivity contribution >= 4 is 11.8 Å². The van der Waals surface area contributed by atoms with E-state index in [4.69, 9.17) is 9.47 Å². The second-order valence-electron chi connectivity index (χ2n) is 13.7. The van der Waals surface area contributed by atoms with Gasteiger partial charge in [-0.05, 0) is 73.3 Å². The van der Waals surface area contributed by atoms with Crippen LogP contribution in [-0.2, 0) is 32.0 Å². The van der Waals surface area contributed by atoms with Crippen molar-refractivity contribution in [3.8, 4) is 0 Å². The molecule has 0 radical (unpaired) electrons. The van der Waals surface area contributed by atoms with Crippen LogP contribution in [0.2, 0.25) is 0 Å². The number of carbonyl (C=O) groups is 2. The van der Waals surface area contributed by atoms with Crippen LogP contribution in [0, 0.1) is 35.5 Å². The number of hydrogen-bond donors (Lipinski definition) is 0. The summed E-state index contributed by atoms with van der Waals surface area (Å²) in [7, 11) is 1.78. The monoisotopic (exact) mass is 525 g/mol. The van der Waals surface area contributed by atoms with Gasteiger partial charge < -0.3 is 19.3 Å². The van der Waals surface area contributed by atoms with Crippen LogP contribution in [0.25, 0.3) is 0 Å². The lowest BCUT2D eigenvalue weighted by molar-refractivity contribution is -0.144. The number of aryl methyl sites for hydroxylation is 1. The summed E-state index contributed by atoms with van der Waals surface area (Å²) in [4.78, 5) is 36.5. The minimum atomic E-state index is -0.468. The molecule has 4 aliphatic rings. The van der Waals surface area contributed by atoms with Gasteiger partial charge in [-0.2, -0.15) is 0 Å². The topological polar surface area (TPSA) is 72.0 Å². The van der Waals surface area contributed by atoms with Gasteiger partial charge in [0.25, 0.3) is 0 Å². The molecule has 0 bridgehead atoms. The van der Waals surface area contributed by atoms with Crippen LogP contribution in [0.1, 0.15) is 76.1 Å². The van der Waals surface area contributed by atoms with Gasteiger partial charge in [0, 0.05) is 64.6 Å². The summed E-state index contributed by atoms with van der Waals surface area (Å²) in [5.41, 5.74) is 3.08. The Morgan fingerprint density at radius 2 is 2.08 bits per heavy atom. The molecule has 1 aromatic rings. The Kier molecular flexibility index (Phi) is 7.89. The molecule has 2 amide bonds. The van der Waals surface area contributed by atoms with Gasteiger partial charge in [0.15, 0.2) is 0 Å². The Morgan fingerprint density at radius 1 is 1.26 bits per heavy atom. The van der Waals surface area contributed by atoms with Crippen molar-refractivity contribution in [3.63, 3.8) is 0 Å². The van der Waals surface area contributed by atoms with Gasteiger partial charge in [0.05, 0.1) is 18.1 Å². The molecule has 3 aliphatic heterocycles. The predicted molar refractivity (Wildman–Crippen MR) is 146 cm³/mol. The number of hydrogen-bond acceptors (Lipinski definition) is 5. The van der Waals surface area contributed by atoms with Crippen molar-refractivity contribution in [1.29, 1.82) is 0 Å². The maximum Gasteiger partial charge on any atom is 0.231 e. The first-order valence-electron chi connectivity index (χ1n) is 14.7. The van der Waals surface area contributed by atoms with Crippen molar-refractivity contribution < 1.29 is 19.1 Å². The van der Waals surface area contributed by atoms with Crippen LogP contribution in [0.4, 0.5) is 0 Å². The van der Waals surface area contributed by atoms with Gasteiger partial charge in [0.2, 0.25) is 11.8 Å². The van der Waals surface area contributed by atoms with E-state index in [1.165, 1.54) is 5.56 Å². The van der Waals surface area contributed by atoms with E-state index in [-0.39, 0.29) is 29.3 Å². The first kappa shape index (κ1) is 27.6. The number of amides is 2. The van der Waals surface area contributed by atoms with E-state index in [2.05, 4.69) is 43.6 Å².